The second-order valence-electron chi connectivity index (χ2n) is 4.54. The maximum absolute atomic E-state index is 12.1. The predicted octanol–water partition coefficient (Wildman–Crippen LogP) is 2.81. The van der Waals surface area contributed by atoms with Crippen LogP contribution in [0.15, 0.2) is 41.6 Å². The summed E-state index contributed by atoms with van der Waals surface area (Å²) < 4.78 is 1.72. The van der Waals surface area contributed by atoms with Gasteiger partial charge in [0.15, 0.2) is 0 Å². The number of carbonyl (C=O) groups excluding carboxylic acids is 1. The molecule has 0 fully saturated rings. The van der Waals surface area contributed by atoms with Gasteiger partial charge in [0.25, 0.3) is 0 Å². The maximum Gasteiger partial charge on any atom is 0.321 e. The van der Waals surface area contributed by atoms with Crippen LogP contribution < -0.4 is 5.32 Å². The number of aromatic nitrogens is 2. The van der Waals surface area contributed by atoms with E-state index in [0.29, 0.717) is 6.54 Å². The van der Waals surface area contributed by atoms with E-state index in [1.54, 1.807) is 34.6 Å². The number of hydrogen-bond acceptors (Lipinski definition) is 3. The highest BCUT2D eigenvalue weighted by Crippen LogP contribution is 2.17. The van der Waals surface area contributed by atoms with E-state index >= 15 is 0 Å². The van der Waals surface area contributed by atoms with Crippen LogP contribution in [0.2, 0.25) is 0 Å². The number of aryl methyl sites for hydroxylation is 1. The molecule has 1 aromatic heterocycles. The van der Waals surface area contributed by atoms with Crippen LogP contribution in [0.25, 0.3) is 0 Å². The quantitative estimate of drug-likeness (QED) is 0.881. The average Bonchev–Trinajstić information content (AvgIpc) is 2.85. The maximum atomic E-state index is 12.1. The lowest BCUT2D eigenvalue weighted by molar-refractivity contribution is 0.220. The van der Waals surface area contributed by atoms with Crippen LogP contribution in [0.4, 0.5) is 10.5 Å². The van der Waals surface area contributed by atoms with Gasteiger partial charge >= 0.3 is 6.03 Å². The fourth-order valence-corrected chi connectivity index (χ4v) is 2.20. The van der Waals surface area contributed by atoms with Gasteiger partial charge in [0.05, 0.1) is 12.7 Å². The van der Waals surface area contributed by atoms with Gasteiger partial charge in [0.2, 0.25) is 0 Å². The Kier molecular flexibility index (Phi) is 4.68. The van der Waals surface area contributed by atoms with E-state index in [2.05, 4.69) is 10.4 Å². The van der Waals surface area contributed by atoms with Crippen molar-refractivity contribution in [1.82, 2.24) is 14.7 Å². The second-order valence-corrected chi connectivity index (χ2v) is 5.42. The highest BCUT2D eigenvalue weighted by atomic mass is 32.2. The van der Waals surface area contributed by atoms with Crippen LogP contribution in [0, 0.1) is 0 Å². The smallest absolute Gasteiger partial charge is 0.321 e. The van der Waals surface area contributed by atoms with Gasteiger partial charge in [-0.25, -0.2) is 4.79 Å². The summed E-state index contributed by atoms with van der Waals surface area (Å²) in [5.41, 5.74) is 1.80. The summed E-state index contributed by atoms with van der Waals surface area (Å²) in [6.45, 7) is 0.530. The molecule has 0 saturated heterocycles. The molecule has 0 bridgehead atoms. The van der Waals surface area contributed by atoms with Crippen molar-refractivity contribution in [3.63, 3.8) is 0 Å². The number of nitrogens with zero attached hydrogens (tertiary/aromatic N) is 3. The number of amides is 2. The van der Waals surface area contributed by atoms with Gasteiger partial charge in [-0.15, -0.1) is 11.8 Å². The van der Waals surface area contributed by atoms with E-state index in [4.69, 9.17) is 0 Å². The van der Waals surface area contributed by atoms with Crippen molar-refractivity contribution in [2.24, 2.45) is 7.05 Å². The Morgan fingerprint density at radius 2 is 2.10 bits per heavy atom. The first-order valence-electron chi connectivity index (χ1n) is 6.22. The molecular formula is C14H18N4OS. The summed E-state index contributed by atoms with van der Waals surface area (Å²) >= 11 is 1.67. The molecule has 0 saturated carbocycles. The molecule has 0 aliphatic rings. The Balaban J connectivity index is 1.93. The molecule has 0 spiro atoms. The molecule has 0 aliphatic carbocycles. The number of thioether (sulfide) groups is 1. The molecule has 0 atom stereocenters. The van der Waals surface area contributed by atoms with Gasteiger partial charge in [-0.1, -0.05) is 0 Å². The van der Waals surface area contributed by atoms with Crippen LogP contribution in [-0.4, -0.2) is 34.0 Å². The molecule has 20 heavy (non-hydrogen) atoms. The van der Waals surface area contributed by atoms with Crippen LogP contribution >= 0.6 is 11.8 Å². The number of anilines is 1. The third-order valence-corrected chi connectivity index (χ3v) is 3.61. The van der Waals surface area contributed by atoms with E-state index in [1.165, 1.54) is 4.90 Å². The molecule has 2 amide bonds. The fraction of sp³-hybridized carbons (Fsp3) is 0.286. The number of benzene rings is 1. The zero-order chi connectivity index (χ0) is 14.5. The van der Waals surface area contributed by atoms with Crippen molar-refractivity contribution in [2.45, 2.75) is 11.4 Å². The lowest BCUT2D eigenvalue weighted by atomic mass is 10.3. The monoisotopic (exact) mass is 290 g/mol. The number of hydrogen-bond donors (Lipinski definition) is 1. The first-order chi connectivity index (χ1) is 9.58. The predicted molar refractivity (Wildman–Crippen MR) is 81.9 cm³/mol. The molecule has 5 nitrogen and oxygen atoms in total. The van der Waals surface area contributed by atoms with Crippen molar-refractivity contribution >= 4 is 23.5 Å². The molecule has 1 heterocycles. The first-order valence-corrected chi connectivity index (χ1v) is 7.44. The van der Waals surface area contributed by atoms with Gasteiger partial charge < -0.3 is 10.2 Å². The molecule has 6 heteroatoms. The SMILES string of the molecule is CSc1ccc(NC(=O)N(C)Cc2cnn(C)c2)cc1. The first kappa shape index (κ1) is 14.5. The van der Waals surface area contributed by atoms with Crippen LogP contribution in [-0.2, 0) is 13.6 Å². The summed E-state index contributed by atoms with van der Waals surface area (Å²) in [7, 11) is 3.62. The standard InChI is InChI=1S/C14H18N4OS/c1-17(9-11-8-15-18(2)10-11)14(19)16-12-4-6-13(20-3)7-5-12/h4-8,10H,9H2,1-3H3,(H,16,19). The minimum absolute atomic E-state index is 0.134. The Bertz CT molecular complexity index is 579. The highest BCUT2D eigenvalue weighted by molar-refractivity contribution is 7.98. The Hall–Kier alpha value is -1.95. The van der Waals surface area contributed by atoms with E-state index < -0.39 is 0 Å². The molecular weight excluding hydrogens is 272 g/mol. The lowest BCUT2D eigenvalue weighted by Crippen LogP contribution is -2.30. The van der Waals surface area contributed by atoms with Crippen LogP contribution in [0.3, 0.4) is 0 Å². The highest BCUT2D eigenvalue weighted by Gasteiger charge is 2.10. The Morgan fingerprint density at radius 3 is 2.65 bits per heavy atom. The molecule has 2 aromatic rings. The number of urea groups is 1. The normalized spacial score (nSPS) is 10.3. The fourth-order valence-electron chi connectivity index (χ4n) is 1.79. The van der Waals surface area contributed by atoms with E-state index in [0.717, 1.165) is 11.3 Å². The third kappa shape index (κ3) is 3.77. The molecule has 1 aromatic carbocycles. The molecule has 2 rings (SSSR count). The minimum Gasteiger partial charge on any atom is -0.323 e. The molecule has 106 valence electrons. The van der Waals surface area contributed by atoms with Gasteiger partial charge in [-0.2, -0.15) is 5.10 Å². The van der Waals surface area contributed by atoms with E-state index in [-0.39, 0.29) is 6.03 Å². The van der Waals surface area contributed by atoms with Gasteiger partial charge in [0.1, 0.15) is 0 Å². The zero-order valence-electron chi connectivity index (χ0n) is 11.8. The van der Waals surface area contributed by atoms with E-state index in [9.17, 15) is 4.79 Å². The summed E-state index contributed by atoms with van der Waals surface area (Å²) in [5.74, 6) is 0. The minimum atomic E-state index is -0.134. The van der Waals surface area contributed by atoms with Gasteiger partial charge in [-0.3, -0.25) is 4.68 Å². The number of carbonyl (C=O) groups is 1. The molecule has 1 N–H and O–H groups in total. The number of rotatable bonds is 4. The van der Waals surface area contributed by atoms with Crippen LogP contribution in [0.5, 0.6) is 0 Å². The van der Waals surface area contributed by atoms with Crippen molar-refractivity contribution in [2.75, 3.05) is 18.6 Å². The van der Waals surface area contributed by atoms with Crippen molar-refractivity contribution in [3.8, 4) is 0 Å². The average molecular weight is 290 g/mol. The Labute approximate surface area is 123 Å². The van der Waals surface area contributed by atoms with Gasteiger partial charge in [-0.05, 0) is 30.5 Å². The Morgan fingerprint density at radius 1 is 1.40 bits per heavy atom. The van der Waals surface area contributed by atoms with E-state index in [1.807, 2.05) is 43.8 Å². The lowest BCUT2D eigenvalue weighted by Gasteiger charge is -2.17. The summed E-state index contributed by atoms with van der Waals surface area (Å²) in [6.07, 6.45) is 5.68. The van der Waals surface area contributed by atoms with Crippen molar-refractivity contribution in [3.05, 3.63) is 42.2 Å². The summed E-state index contributed by atoms with van der Waals surface area (Å²) in [6, 6.07) is 7.65. The van der Waals surface area contributed by atoms with Gasteiger partial charge in [0, 0.05) is 36.4 Å². The van der Waals surface area contributed by atoms with Crippen molar-refractivity contribution in [1.29, 1.82) is 0 Å². The molecule has 0 aliphatic heterocycles. The third-order valence-electron chi connectivity index (χ3n) is 2.87. The van der Waals surface area contributed by atoms with Crippen molar-refractivity contribution < 1.29 is 4.79 Å². The summed E-state index contributed by atoms with van der Waals surface area (Å²) in [4.78, 5) is 14.9. The molecule has 0 radical (unpaired) electrons. The largest absolute Gasteiger partial charge is 0.323 e. The zero-order valence-corrected chi connectivity index (χ0v) is 12.6. The molecule has 0 unspecified atom stereocenters. The second kappa shape index (κ2) is 6.47. The van der Waals surface area contributed by atoms with Crippen LogP contribution in [0.1, 0.15) is 5.56 Å². The summed E-state index contributed by atoms with van der Waals surface area (Å²) in [5, 5.41) is 6.96. The number of nitrogens with one attached hydrogen (secondary N) is 1. The topological polar surface area (TPSA) is 50.2 Å².